The Morgan fingerprint density at radius 2 is 1.82 bits per heavy atom. The van der Waals surface area contributed by atoms with E-state index in [2.05, 4.69) is 17.1 Å². The highest BCUT2D eigenvalue weighted by atomic mass is 19.3. The molecular formula is C31H32FNO7. The smallest absolute Gasteiger partial charge is 0.349 e. The van der Waals surface area contributed by atoms with Crippen molar-refractivity contribution in [2.24, 2.45) is 0 Å². The maximum Gasteiger partial charge on any atom is 0.349 e. The molecular weight excluding hydrogens is 517 g/mol. The van der Waals surface area contributed by atoms with Gasteiger partial charge in [0, 0.05) is 22.1 Å². The van der Waals surface area contributed by atoms with Gasteiger partial charge in [-0.2, -0.15) is 0 Å². The van der Waals surface area contributed by atoms with Crippen LogP contribution in [-0.4, -0.2) is 53.8 Å². The number of benzene rings is 3. The number of amides is 1. The first-order valence-corrected chi connectivity index (χ1v) is 13.3. The fourth-order valence-corrected chi connectivity index (χ4v) is 5.33. The van der Waals surface area contributed by atoms with E-state index in [0.717, 1.165) is 39.1 Å². The molecule has 0 spiro atoms. The van der Waals surface area contributed by atoms with E-state index in [1.165, 1.54) is 6.92 Å². The van der Waals surface area contributed by atoms with E-state index in [9.17, 15) is 19.2 Å². The van der Waals surface area contributed by atoms with Crippen molar-refractivity contribution in [1.82, 2.24) is 4.90 Å². The van der Waals surface area contributed by atoms with Gasteiger partial charge in [0.05, 0.1) is 26.1 Å². The average Bonchev–Trinajstić information content (AvgIpc) is 3.30. The fourth-order valence-electron chi connectivity index (χ4n) is 5.33. The van der Waals surface area contributed by atoms with Gasteiger partial charge in [0.2, 0.25) is 0 Å². The van der Waals surface area contributed by atoms with Crippen molar-refractivity contribution in [3.05, 3.63) is 76.9 Å². The average molecular weight is 550 g/mol. The summed E-state index contributed by atoms with van der Waals surface area (Å²) in [5.74, 6) is 0.593. The Morgan fingerprint density at radius 3 is 2.52 bits per heavy atom. The van der Waals surface area contributed by atoms with Crippen LogP contribution in [0.1, 0.15) is 41.5 Å². The predicted molar refractivity (Wildman–Crippen MR) is 145 cm³/mol. The van der Waals surface area contributed by atoms with E-state index in [1.54, 1.807) is 11.0 Å². The monoisotopic (exact) mass is 549 g/mol. The number of carbonyl (C=O) groups excluding carboxylic acids is 2. The highest BCUT2D eigenvalue weighted by Crippen LogP contribution is 2.39. The first kappa shape index (κ1) is 27.5. The quantitative estimate of drug-likeness (QED) is 0.409. The zero-order valence-corrected chi connectivity index (χ0v) is 22.7. The molecule has 1 saturated heterocycles. The zero-order valence-electron chi connectivity index (χ0n) is 22.7. The molecule has 0 saturated carbocycles. The lowest BCUT2D eigenvalue weighted by atomic mass is 9.94. The van der Waals surface area contributed by atoms with Gasteiger partial charge in [-0.15, -0.1) is 0 Å². The lowest BCUT2D eigenvalue weighted by Gasteiger charge is -2.39. The summed E-state index contributed by atoms with van der Waals surface area (Å²) in [5.41, 5.74) is 6.18. The van der Waals surface area contributed by atoms with Crippen molar-refractivity contribution in [1.29, 1.82) is 0 Å². The van der Waals surface area contributed by atoms with Crippen molar-refractivity contribution in [2.75, 3.05) is 19.7 Å². The van der Waals surface area contributed by atoms with E-state index >= 15 is 0 Å². The molecule has 0 radical (unpaired) electrons. The van der Waals surface area contributed by atoms with Crippen LogP contribution in [0.25, 0.3) is 11.1 Å². The molecule has 3 aromatic carbocycles. The Morgan fingerprint density at radius 1 is 1.07 bits per heavy atom. The fraction of sp³-hybridized carbons (Fsp3) is 0.355. The molecule has 40 heavy (non-hydrogen) atoms. The minimum Gasteiger partial charge on any atom is -0.492 e. The third-order valence-electron chi connectivity index (χ3n) is 7.31. The van der Waals surface area contributed by atoms with Gasteiger partial charge in [-0.25, -0.2) is 4.79 Å². The van der Waals surface area contributed by atoms with E-state index in [1.807, 2.05) is 50.2 Å². The van der Waals surface area contributed by atoms with E-state index < -0.39 is 12.1 Å². The van der Waals surface area contributed by atoms with Gasteiger partial charge < -0.3 is 24.2 Å². The number of nitrogens with zero attached hydrogens (tertiary/aromatic N) is 1. The first-order valence-electron chi connectivity index (χ1n) is 13.3. The topological polar surface area (TPSA) is 94.5 Å². The van der Waals surface area contributed by atoms with Crippen molar-refractivity contribution >= 4 is 11.9 Å². The molecule has 2 unspecified atom stereocenters. The summed E-state index contributed by atoms with van der Waals surface area (Å²) >= 11 is 0. The molecule has 1 fully saturated rings. The number of hydrogen-bond donors (Lipinski definition) is 1. The van der Waals surface area contributed by atoms with Crippen molar-refractivity contribution in [3.63, 3.8) is 0 Å². The molecule has 210 valence electrons. The van der Waals surface area contributed by atoms with Crippen LogP contribution in [0.5, 0.6) is 17.2 Å². The lowest BCUT2D eigenvalue weighted by molar-refractivity contribution is -0.184. The van der Waals surface area contributed by atoms with Crippen molar-refractivity contribution in [3.8, 4) is 28.4 Å². The van der Waals surface area contributed by atoms with Gasteiger partial charge in [0.1, 0.15) is 36.1 Å². The number of likely N-dealkylation sites (tertiary alicyclic amines) is 1. The molecule has 1 N–H and O–H groups in total. The summed E-state index contributed by atoms with van der Waals surface area (Å²) in [4.78, 5) is 28.1. The van der Waals surface area contributed by atoms with Crippen LogP contribution < -0.4 is 14.2 Å². The first-order chi connectivity index (χ1) is 19.2. The third-order valence-corrected chi connectivity index (χ3v) is 7.31. The predicted octanol–water partition coefficient (Wildman–Crippen LogP) is 4.81. The van der Waals surface area contributed by atoms with Crippen LogP contribution in [0.4, 0.5) is 4.53 Å². The normalized spacial score (nSPS) is 16.9. The number of fused-ring (bicyclic) bond motifs is 1. The van der Waals surface area contributed by atoms with Crippen LogP contribution in [0.15, 0.2) is 54.6 Å². The SMILES string of the molecule is Cc1cc(OC2CN(C(=O)C(C)O)C2)cc(C)c1-c1cccc(COc2ccc3c(c2)OCC3CC(=O)OF)c1. The Kier molecular flexibility index (Phi) is 7.93. The molecule has 3 aromatic rings. The van der Waals surface area contributed by atoms with Crippen molar-refractivity contribution < 1.29 is 38.4 Å². The molecule has 9 heteroatoms. The molecule has 0 aliphatic carbocycles. The van der Waals surface area contributed by atoms with Crippen molar-refractivity contribution in [2.45, 2.75) is 51.9 Å². The number of aryl methyl sites for hydroxylation is 2. The standard InChI is InChI=1S/C31H32FNO7/c1-18-9-25(39-26-14-33(15-26)31(36)20(3)34)10-19(2)30(18)22-6-4-5-21(11-22)16-37-24-7-8-27-23(12-29(35)40-32)17-38-28(27)13-24/h4-11,13,20,23,26,34H,12,14-17H2,1-3H3. The number of aliphatic hydroxyl groups is 1. The van der Waals surface area contributed by atoms with Gasteiger partial charge in [-0.05, 0) is 72.9 Å². The van der Waals surface area contributed by atoms with E-state index in [-0.39, 0.29) is 24.3 Å². The Labute approximate surface area is 232 Å². The minimum atomic E-state index is -0.996. The molecule has 2 aliphatic rings. The summed E-state index contributed by atoms with van der Waals surface area (Å²) < 4.78 is 29.9. The molecule has 2 aliphatic heterocycles. The maximum atomic E-state index is 12.1. The summed E-state index contributed by atoms with van der Waals surface area (Å²) in [6.45, 7) is 7.15. The second-order valence-electron chi connectivity index (χ2n) is 10.4. The van der Waals surface area contributed by atoms with Gasteiger partial charge in [0.25, 0.3) is 5.91 Å². The lowest BCUT2D eigenvalue weighted by Crippen LogP contribution is -2.58. The highest BCUT2D eigenvalue weighted by molar-refractivity contribution is 5.81. The number of hydrogen-bond acceptors (Lipinski definition) is 7. The molecule has 2 heterocycles. The molecule has 5 rings (SSSR count). The summed E-state index contributed by atoms with van der Waals surface area (Å²) in [6.07, 6.45) is -1.16. The third kappa shape index (κ3) is 5.89. The van der Waals surface area contributed by atoms with Crippen LogP contribution in [-0.2, 0) is 21.1 Å². The number of aliphatic hydroxyl groups excluding tert-OH is 1. The van der Waals surface area contributed by atoms with E-state index in [4.69, 9.17) is 14.2 Å². The Balaban J connectivity index is 1.22. The Bertz CT molecular complexity index is 1390. The minimum absolute atomic E-state index is 0.0768. The molecule has 1 amide bonds. The van der Waals surface area contributed by atoms with Gasteiger partial charge in [0.15, 0.2) is 0 Å². The maximum absolute atomic E-state index is 12.1. The van der Waals surface area contributed by atoms with Crippen LogP contribution >= 0.6 is 0 Å². The van der Waals surface area contributed by atoms with Gasteiger partial charge in [-0.1, -0.05) is 24.3 Å². The van der Waals surface area contributed by atoms with Crippen LogP contribution in [0.2, 0.25) is 0 Å². The zero-order chi connectivity index (χ0) is 28.4. The molecule has 2 atom stereocenters. The summed E-state index contributed by atoms with van der Waals surface area (Å²) in [5, 5.41) is 9.46. The number of ether oxygens (including phenoxy) is 3. The van der Waals surface area contributed by atoms with Gasteiger partial charge in [-0.3, -0.25) is 9.74 Å². The summed E-state index contributed by atoms with van der Waals surface area (Å²) in [6, 6.07) is 17.6. The summed E-state index contributed by atoms with van der Waals surface area (Å²) in [7, 11) is 0. The molecule has 0 bridgehead atoms. The number of carbonyl (C=O) groups is 2. The van der Waals surface area contributed by atoms with E-state index in [0.29, 0.717) is 37.8 Å². The van der Waals surface area contributed by atoms with Crippen LogP contribution in [0, 0.1) is 13.8 Å². The Hall–Kier alpha value is -4.11. The number of rotatable bonds is 9. The number of halogens is 1. The highest BCUT2D eigenvalue weighted by Gasteiger charge is 2.34. The van der Waals surface area contributed by atoms with Gasteiger partial charge >= 0.3 is 5.97 Å². The van der Waals surface area contributed by atoms with Crippen LogP contribution in [0.3, 0.4) is 0 Å². The second-order valence-corrected chi connectivity index (χ2v) is 10.4. The second kappa shape index (κ2) is 11.6. The molecule has 0 aromatic heterocycles. The largest absolute Gasteiger partial charge is 0.492 e. The molecule has 8 nitrogen and oxygen atoms in total.